The SMILES string of the molecule is COc1ccc(Nc2nc(C)cc(N3CCC(C)CC3)n2)cc1OC. The minimum atomic E-state index is 0.598. The van der Waals surface area contributed by atoms with Gasteiger partial charge in [-0.1, -0.05) is 6.92 Å². The fourth-order valence-electron chi connectivity index (χ4n) is 3.05. The highest BCUT2D eigenvalue weighted by Gasteiger charge is 2.18. The molecule has 0 unspecified atom stereocenters. The second-order valence-electron chi connectivity index (χ2n) is 6.56. The molecule has 3 rings (SSSR count). The van der Waals surface area contributed by atoms with Gasteiger partial charge in [-0.15, -0.1) is 0 Å². The predicted octanol–water partition coefficient (Wildman–Crippen LogP) is 3.78. The number of ether oxygens (including phenoxy) is 2. The van der Waals surface area contributed by atoms with Gasteiger partial charge < -0.3 is 19.7 Å². The number of nitrogens with zero attached hydrogens (tertiary/aromatic N) is 3. The number of aryl methyl sites for hydroxylation is 1. The summed E-state index contributed by atoms with van der Waals surface area (Å²) < 4.78 is 10.6. The van der Waals surface area contributed by atoms with Gasteiger partial charge in [-0.25, -0.2) is 4.98 Å². The number of nitrogens with one attached hydrogen (secondary N) is 1. The van der Waals surface area contributed by atoms with Crippen molar-refractivity contribution in [1.29, 1.82) is 0 Å². The van der Waals surface area contributed by atoms with Crippen LogP contribution in [0.3, 0.4) is 0 Å². The summed E-state index contributed by atoms with van der Waals surface area (Å²) in [4.78, 5) is 11.6. The highest BCUT2D eigenvalue weighted by Crippen LogP contribution is 2.31. The smallest absolute Gasteiger partial charge is 0.229 e. The number of benzene rings is 1. The topological polar surface area (TPSA) is 59.5 Å². The Bertz CT molecular complexity index is 727. The van der Waals surface area contributed by atoms with Crippen molar-refractivity contribution in [2.45, 2.75) is 26.7 Å². The van der Waals surface area contributed by atoms with Crippen LogP contribution in [0, 0.1) is 12.8 Å². The number of piperidine rings is 1. The third-order valence-corrected chi connectivity index (χ3v) is 4.59. The molecule has 0 bridgehead atoms. The fourth-order valence-corrected chi connectivity index (χ4v) is 3.05. The average Bonchev–Trinajstić information content (AvgIpc) is 2.61. The molecule has 0 atom stereocenters. The molecule has 1 aliphatic heterocycles. The van der Waals surface area contributed by atoms with Gasteiger partial charge in [0.1, 0.15) is 5.82 Å². The van der Waals surface area contributed by atoms with Gasteiger partial charge in [-0.2, -0.15) is 4.98 Å². The number of hydrogen-bond donors (Lipinski definition) is 1. The summed E-state index contributed by atoms with van der Waals surface area (Å²) in [5, 5.41) is 3.27. The van der Waals surface area contributed by atoms with Crippen LogP contribution in [0.25, 0.3) is 0 Å². The number of hydrogen-bond acceptors (Lipinski definition) is 6. The zero-order valence-electron chi connectivity index (χ0n) is 15.4. The zero-order valence-corrected chi connectivity index (χ0v) is 15.4. The molecule has 1 aromatic carbocycles. The second-order valence-corrected chi connectivity index (χ2v) is 6.56. The molecule has 0 amide bonds. The molecule has 25 heavy (non-hydrogen) atoms. The molecule has 0 aliphatic carbocycles. The van der Waals surface area contributed by atoms with E-state index in [9.17, 15) is 0 Å². The quantitative estimate of drug-likeness (QED) is 0.892. The van der Waals surface area contributed by atoms with Crippen molar-refractivity contribution in [3.8, 4) is 11.5 Å². The third kappa shape index (κ3) is 4.13. The Morgan fingerprint density at radius 3 is 2.44 bits per heavy atom. The molecule has 134 valence electrons. The lowest BCUT2D eigenvalue weighted by Gasteiger charge is -2.31. The van der Waals surface area contributed by atoms with Crippen molar-refractivity contribution in [2.75, 3.05) is 37.5 Å². The maximum Gasteiger partial charge on any atom is 0.229 e. The summed E-state index contributed by atoms with van der Waals surface area (Å²) in [6, 6.07) is 7.72. The van der Waals surface area contributed by atoms with Crippen LogP contribution in [-0.4, -0.2) is 37.3 Å². The van der Waals surface area contributed by atoms with Crippen LogP contribution in [0.4, 0.5) is 17.5 Å². The first kappa shape index (κ1) is 17.3. The van der Waals surface area contributed by atoms with Crippen molar-refractivity contribution < 1.29 is 9.47 Å². The van der Waals surface area contributed by atoms with Crippen molar-refractivity contribution in [3.05, 3.63) is 30.0 Å². The van der Waals surface area contributed by atoms with E-state index in [-0.39, 0.29) is 0 Å². The van der Waals surface area contributed by atoms with Gasteiger partial charge in [-0.3, -0.25) is 0 Å². The third-order valence-electron chi connectivity index (χ3n) is 4.59. The van der Waals surface area contributed by atoms with Crippen LogP contribution in [0.1, 0.15) is 25.5 Å². The fraction of sp³-hybridized carbons (Fsp3) is 0.474. The summed E-state index contributed by atoms with van der Waals surface area (Å²) in [5.74, 6) is 3.75. The normalized spacial score (nSPS) is 15.1. The van der Waals surface area contributed by atoms with E-state index in [2.05, 4.69) is 28.2 Å². The summed E-state index contributed by atoms with van der Waals surface area (Å²) in [6.45, 7) is 6.41. The van der Waals surface area contributed by atoms with E-state index in [1.807, 2.05) is 25.1 Å². The standard InChI is InChI=1S/C19H26N4O2/c1-13-7-9-23(10-8-13)18-11-14(2)20-19(22-18)21-15-5-6-16(24-3)17(12-15)25-4/h5-6,11-13H,7-10H2,1-4H3,(H,20,21,22). The lowest BCUT2D eigenvalue weighted by Crippen LogP contribution is -2.33. The maximum absolute atomic E-state index is 5.35. The Kier molecular flexibility index (Phi) is 5.26. The first-order valence-corrected chi connectivity index (χ1v) is 8.68. The first-order chi connectivity index (χ1) is 12.1. The Hall–Kier alpha value is -2.50. The van der Waals surface area contributed by atoms with Gasteiger partial charge in [0.05, 0.1) is 14.2 Å². The van der Waals surface area contributed by atoms with E-state index in [1.54, 1.807) is 14.2 Å². The Labute approximate surface area is 149 Å². The van der Waals surface area contributed by atoms with Gasteiger partial charge in [0.2, 0.25) is 5.95 Å². The highest BCUT2D eigenvalue weighted by molar-refractivity contribution is 5.61. The molecule has 0 spiro atoms. The predicted molar refractivity (Wildman–Crippen MR) is 100 cm³/mol. The summed E-state index contributed by atoms with van der Waals surface area (Å²) >= 11 is 0. The minimum Gasteiger partial charge on any atom is -0.493 e. The highest BCUT2D eigenvalue weighted by atomic mass is 16.5. The zero-order chi connectivity index (χ0) is 17.8. The Balaban J connectivity index is 1.81. The molecule has 2 heterocycles. The van der Waals surface area contributed by atoms with Gasteiger partial charge in [0.25, 0.3) is 0 Å². The van der Waals surface area contributed by atoms with Crippen LogP contribution in [0.2, 0.25) is 0 Å². The minimum absolute atomic E-state index is 0.598. The van der Waals surface area contributed by atoms with Crippen LogP contribution in [-0.2, 0) is 0 Å². The van der Waals surface area contributed by atoms with Crippen molar-refractivity contribution >= 4 is 17.5 Å². The molecule has 1 N–H and O–H groups in total. The van der Waals surface area contributed by atoms with Crippen LogP contribution in [0.5, 0.6) is 11.5 Å². The molecule has 2 aromatic rings. The van der Waals surface area contributed by atoms with Crippen molar-refractivity contribution in [1.82, 2.24) is 9.97 Å². The number of methoxy groups -OCH3 is 2. The van der Waals surface area contributed by atoms with E-state index in [0.717, 1.165) is 36.2 Å². The number of anilines is 3. The van der Waals surface area contributed by atoms with Crippen LogP contribution in [0.15, 0.2) is 24.3 Å². The second kappa shape index (κ2) is 7.59. The lowest BCUT2D eigenvalue weighted by molar-refractivity contribution is 0.355. The molecule has 1 aromatic heterocycles. The molecule has 1 fully saturated rings. The lowest BCUT2D eigenvalue weighted by atomic mass is 9.99. The van der Waals surface area contributed by atoms with Gasteiger partial charge in [-0.05, 0) is 37.8 Å². The molecular formula is C19H26N4O2. The van der Waals surface area contributed by atoms with E-state index in [0.29, 0.717) is 17.4 Å². The molecule has 1 aliphatic rings. The van der Waals surface area contributed by atoms with Crippen molar-refractivity contribution in [3.63, 3.8) is 0 Å². The average molecular weight is 342 g/mol. The molecule has 6 heteroatoms. The monoisotopic (exact) mass is 342 g/mol. The van der Waals surface area contributed by atoms with Crippen LogP contribution >= 0.6 is 0 Å². The summed E-state index contributed by atoms with van der Waals surface area (Å²) in [5.41, 5.74) is 1.81. The van der Waals surface area contributed by atoms with E-state index in [1.165, 1.54) is 12.8 Å². The van der Waals surface area contributed by atoms with Crippen LogP contribution < -0.4 is 19.7 Å². The van der Waals surface area contributed by atoms with Crippen molar-refractivity contribution in [2.24, 2.45) is 5.92 Å². The molecule has 6 nitrogen and oxygen atoms in total. The molecule has 0 saturated carbocycles. The molecular weight excluding hydrogens is 316 g/mol. The van der Waals surface area contributed by atoms with Gasteiger partial charge >= 0.3 is 0 Å². The Morgan fingerprint density at radius 2 is 1.76 bits per heavy atom. The van der Waals surface area contributed by atoms with Gasteiger partial charge in [0, 0.05) is 36.6 Å². The maximum atomic E-state index is 5.35. The van der Waals surface area contributed by atoms with E-state index in [4.69, 9.17) is 14.5 Å². The first-order valence-electron chi connectivity index (χ1n) is 8.68. The largest absolute Gasteiger partial charge is 0.493 e. The van der Waals surface area contributed by atoms with E-state index >= 15 is 0 Å². The Morgan fingerprint density at radius 1 is 1.04 bits per heavy atom. The molecule has 0 radical (unpaired) electrons. The molecule has 1 saturated heterocycles. The van der Waals surface area contributed by atoms with E-state index < -0.39 is 0 Å². The summed E-state index contributed by atoms with van der Waals surface area (Å²) in [7, 11) is 3.25. The summed E-state index contributed by atoms with van der Waals surface area (Å²) in [6.07, 6.45) is 2.42. The number of rotatable bonds is 5. The van der Waals surface area contributed by atoms with Gasteiger partial charge in [0.15, 0.2) is 11.5 Å². The number of aromatic nitrogens is 2.